The number of hydrogen-bond donors (Lipinski definition) is 1. The highest BCUT2D eigenvalue weighted by molar-refractivity contribution is 5.76. The van der Waals surface area contributed by atoms with Crippen LogP contribution in [-0.2, 0) is 17.8 Å². The smallest absolute Gasteiger partial charge is 0.261 e. The van der Waals surface area contributed by atoms with E-state index in [-0.39, 0.29) is 29.8 Å². The molecule has 29 heavy (non-hydrogen) atoms. The van der Waals surface area contributed by atoms with Gasteiger partial charge in [0.1, 0.15) is 0 Å². The Morgan fingerprint density at radius 3 is 2.59 bits per heavy atom. The third kappa shape index (κ3) is 4.80. The first-order valence-corrected chi connectivity index (χ1v) is 9.78. The maximum Gasteiger partial charge on any atom is 0.261 e. The highest BCUT2D eigenvalue weighted by Crippen LogP contribution is 2.15. The van der Waals surface area contributed by atoms with Crippen molar-refractivity contribution in [1.82, 2.24) is 20.0 Å². The average Bonchev–Trinajstić information content (AvgIpc) is 3.16. The molecule has 1 N–H and O–H groups in total. The molecule has 0 unspecified atom stereocenters. The first-order chi connectivity index (χ1) is 13.9. The molecule has 0 aliphatic rings. The SMILES string of the molecule is CCn1c(C)ccc(-c2noc(CCC(=O)N[C@@H](C)c3ccc(C)cc3)n2)c1=O. The van der Waals surface area contributed by atoms with Crippen molar-refractivity contribution in [3.8, 4) is 11.4 Å². The molecule has 0 saturated heterocycles. The molecule has 0 aliphatic heterocycles. The van der Waals surface area contributed by atoms with E-state index in [1.807, 2.05) is 58.0 Å². The minimum Gasteiger partial charge on any atom is -0.350 e. The van der Waals surface area contributed by atoms with Crippen LogP contribution in [0.15, 0.2) is 45.7 Å². The summed E-state index contributed by atoms with van der Waals surface area (Å²) in [5, 5.41) is 6.89. The number of carbonyl (C=O) groups excluding carboxylic acids is 1. The second-order valence-electron chi connectivity index (χ2n) is 7.15. The van der Waals surface area contributed by atoms with E-state index >= 15 is 0 Å². The summed E-state index contributed by atoms with van der Waals surface area (Å²) in [7, 11) is 0. The summed E-state index contributed by atoms with van der Waals surface area (Å²) in [4.78, 5) is 29.1. The second kappa shape index (κ2) is 8.86. The molecule has 7 heteroatoms. The van der Waals surface area contributed by atoms with Gasteiger partial charge in [-0.05, 0) is 45.4 Å². The molecule has 0 aliphatic carbocycles. The molecular weight excluding hydrogens is 368 g/mol. The van der Waals surface area contributed by atoms with Crippen molar-refractivity contribution in [2.45, 2.75) is 53.1 Å². The van der Waals surface area contributed by atoms with Crippen LogP contribution >= 0.6 is 0 Å². The van der Waals surface area contributed by atoms with E-state index < -0.39 is 0 Å². The van der Waals surface area contributed by atoms with E-state index in [9.17, 15) is 9.59 Å². The first-order valence-electron chi connectivity index (χ1n) is 9.78. The zero-order valence-corrected chi connectivity index (χ0v) is 17.2. The second-order valence-corrected chi connectivity index (χ2v) is 7.15. The van der Waals surface area contributed by atoms with Gasteiger partial charge in [-0.15, -0.1) is 0 Å². The molecule has 1 amide bonds. The minimum atomic E-state index is -0.149. The molecule has 0 radical (unpaired) electrons. The summed E-state index contributed by atoms with van der Waals surface area (Å²) in [6.07, 6.45) is 0.540. The summed E-state index contributed by atoms with van der Waals surface area (Å²) in [5.41, 5.74) is 3.35. The monoisotopic (exact) mass is 394 g/mol. The first kappa shape index (κ1) is 20.5. The highest BCUT2D eigenvalue weighted by Gasteiger charge is 2.16. The molecule has 2 aromatic heterocycles. The Labute approximate surface area is 169 Å². The van der Waals surface area contributed by atoms with Crippen LogP contribution < -0.4 is 10.9 Å². The van der Waals surface area contributed by atoms with Crippen LogP contribution in [0.4, 0.5) is 0 Å². The predicted octanol–water partition coefficient (Wildman–Crippen LogP) is 3.35. The van der Waals surface area contributed by atoms with Gasteiger partial charge in [0.15, 0.2) is 0 Å². The number of nitrogens with one attached hydrogen (secondary N) is 1. The van der Waals surface area contributed by atoms with Crippen molar-refractivity contribution >= 4 is 5.91 Å². The lowest BCUT2D eigenvalue weighted by molar-refractivity contribution is -0.121. The van der Waals surface area contributed by atoms with Gasteiger partial charge in [0, 0.05) is 25.1 Å². The van der Waals surface area contributed by atoms with Gasteiger partial charge < -0.3 is 14.4 Å². The van der Waals surface area contributed by atoms with Gasteiger partial charge in [-0.25, -0.2) is 0 Å². The fourth-order valence-electron chi connectivity index (χ4n) is 3.17. The van der Waals surface area contributed by atoms with Crippen LogP contribution in [0.2, 0.25) is 0 Å². The Balaban J connectivity index is 1.61. The normalized spacial score (nSPS) is 12.0. The Morgan fingerprint density at radius 2 is 1.90 bits per heavy atom. The lowest BCUT2D eigenvalue weighted by atomic mass is 10.1. The summed E-state index contributed by atoms with van der Waals surface area (Å²) in [6, 6.07) is 11.5. The number of rotatable bonds is 7. The van der Waals surface area contributed by atoms with Crippen LogP contribution in [0.3, 0.4) is 0 Å². The van der Waals surface area contributed by atoms with Crippen molar-refractivity contribution in [1.29, 1.82) is 0 Å². The molecule has 1 atom stereocenters. The van der Waals surface area contributed by atoms with Gasteiger partial charge >= 0.3 is 0 Å². The summed E-state index contributed by atoms with van der Waals surface area (Å²) < 4.78 is 6.90. The third-order valence-corrected chi connectivity index (χ3v) is 4.94. The zero-order chi connectivity index (χ0) is 21.0. The number of aromatic nitrogens is 3. The van der Waals surface area contributed by atoms with Crippen molar-refractivity contribution < 1.29 is 9.32 Å². The van der Waals surface area contributed by atoms with Gasteiger partial charge in [0.05, 0.1) is 11.6 Å². The number of carbonyl (C=O) groups is 1. The largest absolute Gasteiger partial charge is 0.350 e. The van der Waals surface area contributed by atoms with Crippen molar-refractivity contribution in [3.63, 3.8) is 0 Å². The Hall–Kier alpha value is -3.22. The fourth-order valence-corrected chi connectivity index (χ4v) is 3.17. The van der Waals surface area contributed by atoms with E-state index in [0.717, 1.165) is 11.3 Å². The fraction of sp³-hybridized carbons (Fsp3) is 0.364. The van der Waals surface area contributed by atoms with Gasteiger partial charge in [0.2, 0.25) is 17.6 Å². The molecule has 0 saturated carbocycles. The lowest BCUT2D eigenvalue weighted by Gasteiger charge is -2.14. The summed E-state index contributed by atoms with van der Waals surface area (Å²) in [5.74, 6) is 0.489. The molecule has 7 nitrogen and oxygen atoms in total. The maximum absolute atomic E-state index is 12.6. The van der Waals surface area contributed by atoms with E-state index in [1.54, 1.807) is 10.6 Å². The number of hydrogen-bond acceptors (Lipinski definition) is 5. The van der Waals surface area contributed by atoms with Crippen molar-refractivity contribution in [2.75, 3.05) is 0 Å². The number of pyridine rings is 1. The summed E-state index contributed by atoms with van der Waals surface area (Å²) in [6.45, 7) is 8.34. The van der Waals surface area contributed by atoms with Crippen LogP contribution in [-0.4, -0.2) is 20.6 Å². The summed E-state index contributed by atoms with van der Waals surface area (Å²) >= 11 is 0. The van der Waals surface area contributed by atoms with E-state index in [1.165, 1.54) is 5.56 Å². The number of nitrogens with zero attached hydrogens (tertiary/aromatic N) is 3. The third-order valence-electron chi connectivity index (χ3n) is 4.94. The van der Waals surface area contributed by atoms with Gasteiger partial charge in [-0.3, -0.25) is 9.59 Å². The van der Waals surface area contributed by atoms with Crippen molar-refractivity contribution in [2.24, 2.45) is 0 Å². The maximum atomic E-state index is 12.6. The molecule has 0 fully saturated rings. The van der Waals surface area contributed by atoms with Crippen LogP contribution in [0.1, 0.15) is 49.0 Å². The molecule has 3 rings (SSSR count). The van der Waals surface area contributed by atoms with Crippen molar-refractivity contribution in [3.05, 3.63) is 69.5 Å². The lowest BCUT2D eigenvalue weighted by Crippen LogP contribution is -2.26. The Bertz CT molecular complexity index is 1050. The minimum absolute atomic E-state index is 0.0820. The molecular formula is C22H26N4O3. The molecule has 1 aromatic carbocycles. The molecule has 3 aromatic rings. The van der Waals surface area contributed by atoms with E-state index in [0.29, 0.717) is 24.4 Å². The van der Waals surface area contributed by atoms with Crippen LogP contribution in [0.25, 0.3) is 11.4 Å². The number of benzene rings is 1. The van der Waals surface area contributed by atoms with Gasteiger partial charge in [-0.2, -0.15) is 4.98 Å². The molecule has 0 spiro atoms. The quantitative estimate of drug-likeness (QED) is 0.664. The van der Waals surface area contributed by atoms with E-state index in [2.05, 4.69) is 15.5 Å². The highest BCUT2D eigenvalue weighted by atomic mass is 16.5. The Kier molecular flexibility index (Phi) is 6.26. The van der Waals surface area contributed by atoms with Gasteiger partial charge in [0.25, 0.3) is 5.56 Å². The predicted molar refractivity (Wildman–Crippen MR) is 110 cm³/mol. The van der Waals surface area contributed by atoms with Gasteiger partial charge in [-0.1, -0.05) is 35.0 Å². The van der Waals surface area contributed by atoms with E-state index in [4.69, 9.17) is 4.52 Å². The average molecular weight is 394 g/mol. The Morgan fingerprint density at radius 1 is 1.17 bits per heavy atom. The molecule has 152 valence electrons. The zero-order valence-electron chi connectivity index (χ0n) is 17.2. The molecule has 2 heterocycles. The van der Waals surface area contributed by atoms with Crippen LogP contribution in [0.5, 0.6) is 0 Å². The standard InChI is InChI=1S/C22H26N4O3/c1-5-26-15(3)8-11-18(22(26)28)21-24-20(29-25-21)13-12-19(27)23-16(4)17-9-6-14(2)7-10-17/h6-11,16H,5,12-13H2,1-4H3,(H,23,27)/t16-/m0/s1. The molecule has 0 bridgehead atoms. The van der Waals surface area contributed by atoms with Crippen LogP contribution in [0, 0.1) is 13.8 Å². The topological polar surface area (TPSA) is 90.0 Å². The number of amides is 1. The number of aryl methyl sites for hydroxylation is 3.